The molecule has 0 saturated carbocycles. The van der Waals surface area contributed by atoms with Gasteiger partial charge in [-0.15, -0.1) is 0 Å². The van der Waals surface area contributed by atoms with Crippen LogP contribution in [0, 0.1) is 0 Å². The average molecular weight is 320 g/mol. The molecule has 1 aromatic heterocycles. The van der Waals surface area contributed by atoms with Crippen LogP contribution in [0.15, 0.2) is 58.4 Å². The number of hydrogen-bond acceptors (Lipinski definition) is 4. The summed E-state index contributed by atoms with van der Waals surface area (Å²) in [5, 5.41) is 9.78. The number of aromatic nitrogens is 2. The maximum atomic E-state index is 11.9. The van der Waals surface area contributed by atoms with Crippen molar-refractivity contribution in [3.8, 4) is 0 Å². The summed E-state index contributed by atoms with van der Waals surface area (Å²) in [7, 11) is 1.88. The lowest BCUT2D eigenvalue weighted by atomic mass is 9.94. The van der Waals surface area contributed by atoms with Gasteiger partial charge in [0.05, 0.1) is 16.8 Å². The van der Waals surface area contributed by atoms with Gasteiger partial charge in [-0.25, -0.2) is 0 Å². The van der Waals surface area contributed by atoms with Crippen LogP contribution in [0.3, 0.4) is 0 Å². The Kier molecular flexibility index (Phi) is 4.16. The minimum atomic E-state index is 0.528. The summed E-state index contributed by atoms with van der Waals surface area (Å²) in [5.74, 6) is 0. The van der Waals surface area contributed by atoms with Crippen molar-refractivity contribution in [3.63, 3.8) is 0 Å². The van der Waals surface area contributed by atoms with E-state index in [0.717, 1.165) is 39.7 Å². The number of carbonyl (C=O) groups is 1. The Balaban J connectivity index is 2.17. The Bertz CT molecular complexity index is 941. The lowest BCUT2D eigenvalue weighted by molar-refractivity contribution is -0.103. The van der Waals surface area contributed by atoms with Crippen LogP contribution >= 0.6 is 0 Å². The third-order valence-corrected chi connectivity index (χ3v) is 4.32. The maximum Gasteiger partial charge on any atom is 0.154 e. The second kappa shape index (κ2) is 6.28. The van der Waals surface area contributed by atoms with E-state index in [4.69, 9.17) is 0 Å². The monoisotopic (exact) mass is 320 g/mol. The quantitative estimate of drug-likeness (QED) is 0.534. The average Bonchev–Trinajstić information content (AvgIpc) is 2.92. The molecule has 0 aliphatic carbocycles. The summed E-state index contributed by atoms with van der Waals surface area (Å²) >= 11 is 0. The van der Waals surface area contributed by atoms with Gasteiger partial charge < -0.3 is 0 Å². The van der Waals surface area contributed by atoms with Crippen molar-refractivity contribution in [3.05, 3.63) is 59.0 Å². The molecule has 1 aliphatic rings. The van der Waals surface area contributed by atoms with Crippen molar-refractivity contribution in [1.82, 2.24) is 15.2 Å². The third-order valence-electron chi connectivity index (χ3n) is 4.32. The van der Waals surface area contributed by atoms with Crippen molar-refractivity contribution in [2.24, 2.45) is 12.1 Å². The van der Waals surface area contributed by atoms with Gasteiger partial charge in [-0.2, -0.15) is 10.2 Å². The van der Waals surface area contributed by atoms with Gasteiger partial charge in [-0.1, -0.05) is 30.4 Å². The number of nitrogens with zero attached hydrogens (tertiary/aromatic N) is 3. The van der Waals surface area contributed by atoms with E-state index >= 15 is 0 Å². The van der Waals surface area contributed by atoms with Crippen molar-refractivity contribution in [2.45, 2.75) is 20.8 Å². The lowest BCUT2D eigenvalue weighted by Crippen LogP contribution is -2.31. The van der Waals surface area contributed by atoms with E-state index in [1.54, 1.807) is 4.68 Å². The van der Waals surface area contributed by atoms with Gasteiger partial charge in [0.25, 0.3) is 0 Å². The van der Waals surface area contributed by atoms with Crippen LogP contribution in [0.25, 0.3) is 16.5 Å². The number of allylic oxidation sites excluding steroid dienone is 5. The van der Waals surface area contributed by atoms with Crippen LogP contribution in [0.2, 0.25) is 0 Å². The summed E-state index contributed by atoms with van der Waals surface area (Å²) in [6, 6.07) is 7.88. The zero-order valence-corrected chi connectivity index (χ0v) is 14.3. The Morgan fingerprint density at radius 3 is 2.54 bits per heavy atom. The van der Waals surface area contributed by atoms with Gasteiger partial charge in [-0.05, 0) is 32.4 Å². The number of hydrogen-bond donors (Lipinski definition) is 1. The zero-order chi connectivity index (χ0) is 17.3. The SMILES string of the molecule is C/C=C(C)\C(=C/C)C1=NN/C1=C(/C=O)c1nn(C)c2ccccc12. The largest absolute Gasteiger partial charge is 0.298 e. The van der Waals surface area contributed by atoms with Crippen LogP contribution in [-0.4, -0.2) is 21.8 Å². The standard InChI is InChI=1S/C19H20N4O/c1-5-12(3)13(6-2)18-19(21-20-18)15(11-24)17-14-9-7-8-10-16(14)23(4)22-17/h5-11,21H,1-4H3/b12-5-,13-6+,19-15-. The van der Waals surface area contributed by atoms with Crippen molar-refractivity contribution < 1.29 is 4.79 Å². The molecule has 1 aliphatic heterocycles. The summed E-state index contributed by atoms with van der Waals surface area (Å²) in [6.45, 7) is 5.99. The highest BCUT2D eigenvalue weighted by atomic mass is 16.1. The molecule has 2 heterocycles. The zero-order valence-electron chi connectivity index (χ0n) is 14.3. The van der Waals surface area contributed by atoms with E-state index < -0.39 is 0 Å². The van der Waals surface area contributed by atoms with Crippen LogP contribution in [0.5, 0.6) is 0 Å². The van der Waals surface area contributed by atoms with Gasteiger partial charge in [0.2, 0.25) is 0 Å². The first-order valence-electron chi connectivity index (χ1n) is 7.88. The highest BCUT2D eigenvalue weighted by Crippen LogP contribution is 2.29. The molecule has 0 radical (unpaired) electrons. The van der Waals surface area contributed by atoms with E-state index in [1.165, 1.54) is 0 Å². The second-order valence-corrected chi connectivity index (χ2v) is 5.64. The minimum absolute atomic E-state index is 0.528. The number of nitrogens with one attached hydrogen (secondary N) is 1. The number of fused-ring (bicyclic) bond motifs is 1. The number of benzene rings is 1. The van der Waals surface area contributed by atoms with E-state index in [2.05, 4.69) is 15.6 Å². The first-order valence-corrected chi connectivity index (χ1v) is 7.88. The molecular formula is C19H20N4O. The normalized spacial score (nSPS) is 17.2. The second-order valence-electron chi connectivity index (χ2n) is 5.64. The van der Waals surface area contributed by atoms with Crippen LogP contribution in [0.4, 0.5) is 0 Å². The van der Waals surface area contributed by atoms with E-state index in [9.17, 15) is 4.79 Å². The van der Waals surface area contributed by atoms with E-state index in [1.807, 2.05) is 64.2 Å². The molecule has 2 aromatic rings. The van der Waals surface area contributed by atoms with Crippen molar-refractivity contribution in [2.75, 3.05) is 0 Å². The number of carbonyl (C=O) groups excluding carboxylic acids is 1. The maximum absolute atomic E-state index is 11.9. The highest BCUT2D eigenvalue weighted by Gasteiger charge is 2.27. The Morgan fingerprint density at radius 1 is 1.21 bits per heavy atom. The predicted molar refractivity (Wildman–Crippen MR) is 97.5 cm³/mol. The van der Waals surface area contributed by atoms with Crippen molar-refractivity contribution in [1.29, 1.82) is 0 Å². The molecular weight excluding hydrogens is 300 g/mol. The van der Waals surface area contributed by atoms with Crippen molar-refractivity contribution >= 4 is 28.5 Å². The Labute approximate surface area is 141 Å². The smallest absolute Gasteiger partial charge is 0.154 e. The molecule has 0 amide bonds. The molecule has 0 fully saturated rings. The molecule has 0 atom stereocenters. The first-order chi connectivity index (χ1) is 11.6. The molecule has 0 saturated heterocycles. The minimum Gasteiger partial charge on any atom is -0.298 e. The highest BCUT2D eigenvalue weighted by molar-refractivity contribution is 6.28. The van der Waals surface area contributed by atoms with Gasteiger partial charge in [-0.3, -0.25) is 14.9 Å². The summed E-state index contributed by atoms with van der Waals surface area (Å²) < 4.78 is 1.79. The van der Waals surface area contributed by atoms with Gasteiger partial charge in [0.15, 0.2) is 6.29 Å². The fraction of sp³-hybridized carbons (Fsp3) is 0.211. The summed E-state index contributed by atoms with van der Waals surface area (Å²) in [4.78, 5) is 11.9. The number of rotatable bonds is 4. The molecule has 122 valence electrons. The number of para-hydroxylation sites is 1. The van der Waals surface area contributed by atoms with Gasteiger partial charge >= 0.3 is 0 Å². The molecule has 0 bridgehead atoms. The van der Waals surface area contributed by atoms with Crippen LogP contribution in [0.1, 0.15) is 26.5 Å². The molecule has 0 spiro atoms. The van der Waals surface area contributed by atoms with Gasteiger partial charge in [0, 0.05) is 18.0 Å². The predicted octanol–water partition coefficient (Wildman–Crippen LogP) is 3.36. The third kappa shape index (κ3) is 2.38. The first kappa shape index (κ1) is 15.9. The fourth-order valence-corrected chi connectivity index (χ4v) is 2.90. The van der Waals surface area contributed by atoms with Crippen LogP contribution in [-0.2, 0) is 11.8 Å². The van der Waals surface area contributed by atoms with E-state index in [-0.39, 0.29) is 0 Å². The number of aryl methyl sites for hydroxylation is 1. The molecule has 24 heavy (non-hydrogen) atoms. The lowest BCUT2D eigenvalue weighted by Gasteiger charge is -2.23. The Morgan fingerprint density at radius 2 is 1.96 bits per heavy atom. The number of aldehydes is 1. The van der Waals surface area contributed by atoms with Crippen LogP contribution < -0.4 is 5.43 Å². The fourth-order valence-electron chi connectivity index (χ4n) is 2.90. The molecule has 1 N–H and O–H groups in total. The molecule has 3 rings (SSSR count). The molecule has 1 aromatic carbocycles. The Hall–Kier alpha value is -2.95. The molecule has 5 heteroatoms. The summed E-state index contributed by atoms with van der Waals surface area (Å²) in [6.07, 6.45) is 4.89. The topological polar surface area (TPSA) is 59.3 Å². The molecule has 5 nitrogen and oxygen atoms in total. The number of hydrazone groups is 1. The van der Waals surface area contributed by atoms with Gasteiger partial charge in [0.1, 0.15) is 11.4 Å². The van der Waals surface area contributed by atoms with E-state index in [0.29, 0.717) is 11.3 Å². The summed E-state index contributed by atoms with van der Waals surface area (Å²) in [5.41, 5.74) is 8.78. The molecule has 0 unspecified atom stereocenters.